The van der Waals surface area contributed by atoms with E-state index >= 15 is 0 Å². The van der Waals surface area contributed by atoms with E-state index in [0.29, 0.717) is 16.3 Å². The van der Waals surface area contributed by atoms with Gasteiger partial charge < -0.3 is 5.32 Å². The summed E-state index contributed by atoms with van der Waals surface area (Å²) < 4.78 is 14.4. The number of aromatic nitrogens is 1. The molecule has 2 bridgehead atoms. The average molecular weight is 297 g/mol. The summed E-state index contributed by atoms with van der Waals surface area (Å²) in [7, 11) is 0. The number of fused-ring (bicyclic) bond motifs is 5. The van der Waals surface area contributed by atoms with Crippen molar-refractivity contribution in [1.82, 2.24) is 4.98 Å². The minimum atomic E-state index is -0.253. The molecule has 3 saturated carbocycles. The fourth-order valence-electron chi connectivity index (χ4n) is 4.20. The number of hydrogen-bond acceptors (Lipinski definition) is 2. The van der Waals surface area contributed by atoms with Crippen LogP contribution < -0.4 is 5.32 Å². The van der Waals surface area contributed by atoms with Gasteiger partial charge in [0.1, 0.15) is 0 Å². The molecule has 1 aromatic rings. The predicted molar refractivity (Wildman–Crippen MR) is 67.1 cm³/mol. The quantitative estimate of drug-likeness (QED) is 0.904. The predicted octanol–water partition coefficient (Wildman–Crippen LogP) is 3.44. The van der Waals surface area contributed by atoms with Crippen molar-refractivity contribution in [1.29, 1.82) is 0 Å². The first kappa shape index (κ1) is 10.3. The summed E-state index contributed by atoms with van der Waals surface area (Å²) >= 11 is 3.23. The summed E-state index contributed by atoms with van der Waals surface area (Å²) in [6, 6.07) is 1.96. The third-order valence-corrected chi connectivity index (χ3v) is 5.28. The molecule has 0 radical (unpaired) electrons. The maximum Gasteiger partial charge on any atom is 0.166 e. The first-order valence-corrected chi connectivity index (χ1v) is 7.11. The topological polar surface area (TPSA) is 24.9 Å². The van der Waals surface area contributed by atoms with Gasteiger partial charge in [0, 0.05) is 16.7 Å². The van der Waals surface area contributed by atoms with Crippen LogP contribution in [-0.4, -0.2) is 11.0 Å². The zero-order chi connectivity index (χ0) is 11.6. The summed E-state index contributed by atoms with van der Waals surface area (Å²) in [6.45, 7) is 0. The largest absolute Gasteiger partial charge is 0.364 e. The van der Waals surface area contributed by atoms with Gasteiger partial charge in [-0.15, -0.1) is 0 Å². The normalized spacial score (nSPS) is 41.4. The Morgan fingerprint density at radius 3 is 2.65 bits per heavy atom. The van der Waals surface area contributed by atoms with Crippen molar-refractivity contribution in [3.63, 3.8) is 0 Å². The third kappa shape index (κ3) is 1.46. The van der Waals surface area contributed by atoms with E-state index in [2.05, 4.69) is 26.2 Å². The zero-order valence-electron chi connectivity index (χ0n) is 9.37. The third-order valence-electron chi connectivity index (χ3n) is 4.85. The Morgan fingerprint density at radius 2 is 2.00 bits per heavy atom. The second kappa shape index (κ2) is 3.44. The Bertz CT molecular complexity index is 462. The molecule has 4 atom stereocenters. The molecule has 0 spiro atoms. The number of halogens is 2. The van der Waals surface area contributed by atoms with E-state index < -0.39 is 0 Å². The number of nitrogens with one attached hydrogen (secondary N) is 1. The van der Waals surface area contributed by atoms with Crippen molar-refractivity contribution in [2.75, 3.05) is 5.32 Å². The van der Waals surface area contributed by atoms with Crippen LogP contribution in [0.25, 0.3) is 0 Å². The monoisotopic (exact) mass is 296 g/mol. The molecule has 4 heteroatoms. The van der Waals surface area contributed by atoms with E-state index in [1.54, 1.807) is 6.20 Å². The van der Waals surface area contributed by atoms with Crippen molar-refractivity contribution in [2.24, 2.45) is 23.7 Å². The highest BCUT2D eigenvalue weighted by molar-refractivity contribution is 9.10. The lowest BCUT2D eigenvalue weighted by Crippen LogP contribution is -2.14. The molecule has 2 nitrogen and oxygen atoms in total. The van der Waals surface area contributed by atoms with E-state index in [0.717, 1.165) is 23.7 Å². The maximum absolute atomic E-state index is 13.7. The van der Waals surface area contributed by atoms with Crippen LogP contribution in [0.15, 0.2) is 16.7 Å². The molecule has 3 fully saturated rings. The van der Waals surface area contributed by atoms with Gasteiger partial charge in [0.15, 0.2) is 11.6 Å². The van der Waals surface area contributed by atoms with Crippen molar-refractivity contribution < 1.29 is 4.39 Å². The number of hydrogen-bond donors (Lipinski definition) is 1. The van der Waals surface area contributed by atoms with E-state index in [1.165, 1.54) is 25.3 Å². The Morgan fingerprint density at radius 1 is 1.29 bits per heavy atom. The van der Waals surface area contributed by atoms with Gasteiger partial charge in [-0.05, 0) is 64.9 Å². The number of pyridine rings is 1. The highest BCUT2D eigenvalue weighted by Gasteiger charge is 2.65. The van der Waals surface area contributed by atoms with Gasteiger partial charge in [0.2, 0.25) is 0 Å². The molecule has 90 valence electrons. The number of nitrogens with zero attached hydrogens (tertiary/aromatic N) is 1. The van der Waals surface area contributed by atoms with Crippen molar-refractivity contribution >= 4 is 21.7 Å². The molecular weight excluding hydrogens is 283 g/mol. The maximum atomic E-state index is 13.7. The molecule has 0 saturated heterocycles. The molecule has 1 aromatic heterocycles. The molecule has 17 heavy (non-hydrogen) atoms. The summed E-state index contributed by atoms with van der Waals surface area (Å²) in [5.74, 6) is 3.59. The lowest BCUT2D eigenvalue weighted by atomic mass is 10.0. The minimum Gasteiger partial charge on any atom is -0.364 e. The summed E-state index contributed by atoms with van der Waals surface area (Å²) in [5.41, 5.74) is 0. The van der Waals surface area contributed by atoms with Gasteiger partial charge in [-0.25, -0.2) is 9.37 Å². The van der Waals surface area contributed by atoms with E-state index in [-0.39, 0.29) is 5.82 Å². The molecule has 4 unspecified atom stereocenters. The van der Waals surface area contributed by atoms with Gasteiger partial charge >= 0.3 is 0 Å². The molecule has 0 amide bonds. The van der Waals surface area contributed by atoms with Gasteiger partial charge in [0.05, 0.1) is 0 Å². The molecule has 1 heterocycles. The van der Waals surface area contributed by atoms with Crippen molar-refractivity contribution in [3.05, 3.63) is 22.6 Å². The van der Waals surface area contributed by atoms with Gasteiger partial charge in [0.25, 0.3) is 0 Å². The van der Waals surface area contributed by atoms with Crippen LogP contribution in [0, 0.1) is 29.5 Å². The summed E-state index contributed by atoms with van der Waals surface area (Å²) in [5, 5.41) is 3.31. The fourth-order valence-corrected chi connectivity index (χ4v) is 4.50. The fraction of sp³-hybridized carbons (Fsp3) is 0.615. The van der Waals surface area contributed by atoms with Gasteiger partial charge in [-0.3, -0.25) is 0 Å². The average Bonchev–Trinajstić information content (AvgIpc) is 2.70. The second-order valence-electron chi connectivity index (χ2n) is 5.64. The number of anilines is 1. The molecule has 0 aliphatic heterocycles. The minimum absolute atomic E-state index is 0.253. The Kier molecular flexibility index (Phi) is 2.08. The highest BCUT2D eigenvalue weighted by atomic mass is 79.9. The van der Waals surface area contributed by atoms with Crippen molar-refractivity contribution in [2.45, 2.75) is 25.3 Å². The SMILES string of the molecule is Fc1cc(Br)cnc1NC1C2C3CCC(C3)C12. The van der Waals surface area contributed by atoms with E-state index in [4.69, 9.17) is 0 Å². The molecular formula is C13H14BrFN2. The first-order valence-electron chi connectivity index (χ1n) is 6.31. The second-order valence-corrected chi connectivity index (χ2v) is 6.56. The molecule has 3 aliphatic rings. The lowest BCUT2D eigenvalue weighted by Gasteiger charge is -2.11. The molecule has 1 N–H and O–H groups in total. The summed E-state index contributed by atoms with van der Waals surface area (Å²) in [4.78, 5) is 4.12. The van der Waals surface area contributed by atoms with Crippen LogP contribution in [-0.2, 0) is 0 Å². The van der Waals surface area contributed by atoms with Crippen LogP contribution in [0.5, 0.6) is 0 Å². The molecule has 4 rings (SSSR count). The molecule has 0 aromatic carbocycles. The van der Waals surface area contributed by atoms with E-state index in [9.17, 15) is 4.39 Å². The molecule has 3 aliphatic carbocycles. The zero-order valence-corrected chi connectivity index (χ0v) is 11.0. The van der Waals surface area contributed by atoms with Crippen LogP contribution in [0.1, 0.15) is 19.3 Å². The Hall–Kier alpha value is -0.640. The van der Waals surface area contributed by atoms with Crippen LogP contribution >= 0.6 is 15.9 Å². The summed E-state index contributed by atoms with van der Waals surface area (Å²) in [6.07, 6.45) is 5.85. The Balaban J connectivity index is 1.52. The lowest BCUT2D eigenvalue weighted by molar-refractivity contribution is 0.456. The van der Waals surface area contributed by atoms with Gasteiger partial charge in [-0.2, -0.15) is 0 Å². The van der Waals surface area contributed by atoms with Crippen molar-refractivity contribution in [3.8, 4) is 0 Å². The van der Waals surface area contributed by atoms with Gasteiger partial charge in [-0.1, -0.05) is 0 Å². The smallest absolute Gasteiger partial charge is 0.166 e. The first-order chi connectivity index (χ1) is 8.24. The standard InChI is InChI=1S/C13H14BrFN2/c14-8-4-9(15)13(16-5-8)17-12-10-6-1-2-7(3-6)11(10)12/h4-7,10-12H,1-3H2,(H,16,17). The van der Waals surface area contributed by atoms with Crippen LogP contribution in [0.4, 0.5) is 10.2 Å². The Labute approximate surface area is 108 Å². The van der Waals surface area contributed by atoms with E-state index in [1.807, 2.05) is 0 Å². The number of rotatable bonds is 2. The van der Waals surface area contributed by atoms with Crippen LogP contribution in [0.2, 0.25) is 0 Å². The van der Waals surface area contributed by atoms with Crippen LogP contribution in [0.3, 0.4) is 0 Å². The highest BCUT2D eigenvalue weighted by Crippen LogP contribution is 2.66.